The van der Waals surface area contributed by atoms with E-state index in [1.165, 1.54) is 0 Å². The third-order valence-corrected chi connectivity index (χ3v) is 3.53. The third kappa shape index (κ3) is 3.64. The summed E-state index contributed by atoms with van der Waals surface area (Å²) in [6.45, 7) is 6.88. The number of para-hydroxylation sites is 1. The van der Waals surface area contributed by atoms with Crippen molar-refractivity contribution in [3.8, 4) is 5.75 Å². The molecular formula is C15H20ClNO3. The SMILES string of the molecule is CC1CN(C(=O)C(C)Oc2ccccc2Cl)CC(C)O1. The Morgan fingerprint density at radius 1 is 1.35 bits per heavy atom. The Morgan fingerprint density at radius 3 is 2.55 bits per heavy atom. The van der Waals surface area contributed by atoms with Gasteiger partial charge in [0.1, 0.15) is 5.75 Å². The van der Waals surface area contributed by atoms with Crippen LogP contribution < -0.4 is 4.74 Å². The fourth-order valence-electron chi connectivity index (χ4n) is 2.40. The second-order valence-electron chi connectivity index (χ2n) is 5.19. The van der Waals surface area contributed by atoms with E-state index in [2.05, 4.69) is 0 Å². The highest BCUT2D eigenvalue weighted by Gasteiger charge is 2.29. The predicted octanol–water partition coefficient (Wildman–Crippen LogP) is 2.74. The van der Waals surface area contributed by atoms with Crippen LogP contribution >= 0.6 is 11.6 Å². The van der Waals surface area contributed by atoms with E-state index in [9.17, 15) is 4.79 Å². The van der Waals surface area contributed by atoms with E-state index in [4.69, 9.17) is 21.1 Å². The molecule has 1 aliphatic rings. The molecule has 0 aliphatic carbocycles. The monoisotopic (exact) mass is 297 g/mol. The van der Waals surface area contributed by atoms with Crippen LogP contribution in [0, 0.1) is 0 Å². The summed E-state index contributed by atoms with van der Waals surface area (Å²) in [6, 6.07) is 7.16. The molecule has 2 rings (SSSR count). The van der Waals surface area contributed by atoms with Gasteiger partial charge in [0.15, 0.2) is 6.10 Å². The van der Waals surface area contributed by atoms with Gasteiger partial charge in [-0.05, 0) is 32.9 Å². The molecule has 110 valence electrons. The number of hydrogen-bond acceptors (Lipinski definition) is 3. The van der Waals surface area contributed by atoms with Crippen LogP contribution in [0.15, 0.2) is 24.3 Å². The summed E-state index contributed by atoms with van der Waals surface area (Å²) in [5.41, 5.74) is 0. The van der Waals surface area contributed by atoms with Gasteiger partial charge in [0, 0.05) is 13.1 Å². The molecule has 0 radical (unpaired) electrons. The van der Waals surface area contributed by atoms with Crippen molar-refractivity contribution in [1.29, 1.82) is 0 Å². The van der Waals surface area contributed by atoms with Crippen molar-refractivity contribution < 1.29 is 14.3 Å². The average Bonchev–Trinajstić information content (AvgIpc) is 2.39. The maximum atomic E-state index is 12.4. The highest BCUT2D eigenvalue weighted by atomic mass is 35.5. The van der Waals surface area contributed by atoms with Crippen LogP contribution in [0.3, 0.4) is 0 Å². The van der Waals surface area contributed by atoms with Crippen LogP contribution in [0.5, 0.6) is 5.75 Å². The molecule has 3 atom stereocenters. The quantitative estimate of drug-likeness (QED) is 0.861. The maximum absolute atomic E-state index is 12.4. The van der Waals surface area contributed by atoms with Gasteiger partial charge < -0.3 is 14.4 Å². The number of morpholine rings is 1. The van der Waals surface area contributed by atoms with Gasteiger partial charge in [-0.1, -0.05) is 23.7 Å². The van der Waals surface area contributed by atoms with Crippen LogP contribution in [0.1, 0.15) is 20.8 Å². The standard InChI is InChI=1S/C15H20ClNO3/c1-10-8-17(9-11(2)19-10)15(18)12(3)20-14-7-5-4-6-13(14)16/h4-7,10-12H,8-9H2,1-3H3. The normalized spacial score (nSPS) is 24.3. The molecule has 4 nitrogen and oxygen atoms in total. The first-order valence-corrected chi connectivity index (χ1v) is 7.20. The minimum absolute atomic E-state index is 0.0353. The lowest BCUT2D eigenvalue weighted by Gasteiger charge is -2.36. The Morgan fingerprint density at radius 2 is 1.95 bits per heavy atom. The van der Waals surface area contributed by atoms with E-state index in [1.54, 1.807) is 24.0 Å². The Bertz CT molecular complexity index is 470. The molecule has 1 aliphatic heterocycles. The topological polar surface area (TPSA) is 38.8 Å². The van der Waals surface area contributed by atoms with Crippen molar-refractivity contribution in [2.24, 2.45) is 0 Å². The molecule has 0 saturated carbocycles. The molecule has 1 fully saturated rings. The number of hydrogen-bond donors (Lipinski definition) is 0. The van der Waals surface area contributed by atoms with Gasteiger partial charge in [0.25, 0.3) is 5.91 Å². The fourth-order valence-corrected chi connectivity index (χ4v) is 2.58. The number of ether oxygens (including phenoxy) is 2. The van der Waals surface area contributed by atoms with Crippen LogP contribution in [0.25, 0.3) is 0 Å². The molecular weight excluding hydrogens is 278 g/mol. The Labute approximate surface area is 124 Å². The van der Waals surface area contributed by atoms with Crippen LogP contribution in [-0.2, 0) is 9.53 Å². The van der Waals surface area contributed by atoms with Crippen molar-refractivity contribution in [2.75, 3.05) is 13.1 Å². The molecule has 3 unspecified atom stereocenters. The number of carbonyl (C=O) groups excluding carboxylic acids is 1. The smallest absolute Gasteiger partial charge is 0.263 e. The maximum Gasteiger partial charge on any atom is 0.263 e. The first kappa shape index (κ1) is 15.1. The van der Waals surface area contributed by atoms with E-state index < -0.39 is 6.10 Å². The number of benzene rings is 1. The predicted molar refractivity (Wildman–Crippen MR) is 78.1 cm³/mol. The summed E-state index contributed by atoms with van der Waals surface area (Å²) in [5, 5.41) is 0.510. The minimum Gasteiger partial charge on any atom is -0.479 e. The van der Waals surface area contributed by atoms with Gasteiger partial charge in [-0.15, -0.1) is 0 Å². The molecule has 1 amide bonds. The summed E-state index contributed by atoms with van der Waals surface area (Å²) < 4.78 is 11.3. The fraction of sp³-hybridized carbons (Fsp3) is 0.533. The molecule has 1 saturated heterocycles. The third-order valence-electron chi connectivity index (χ3n) is 3.22. The van der Waals surface area contributed by atoms with Gasteiger partial charge in [-0.2, -0.15) is 0 Å². The summed E-state index contributed by atoms with van der Waals surface area (Å²) in [4.78, 5) is 14.2. The molecule has 1 heterocycles. The van der Waals surface area contributed by atoms with Gasteiger partial charge in [0.2, 0.25) is 0 Å². The van der Waals surface area contributed by atoms with Crippen LogP contribution in [0.4, 0.5) is 0 Å². The van der Waals surface area contributed by atoms with E-state index in [0.29, 0.717) is 23.9 Å². The van der Waals surface area contributed by atoms with Gasteiger partial charge >= 0.3 is 0 Å². The lowest BCUT2D eigenvalue weighted by Crippen LogP contribution is -2.51. The van der Waals surface area contributed by atoms with Gasteiger partial charge in [0.05, 0.1) is 17.2 Å². The summed E-state index contributed by atoms with van der Waals surface area (Å²) in [7, 11) is 0. The molecule has 5 heteroatoms. The second-order valence-corrected chi connectivity index (χ2v) is 5.60. The lowest BCUT2D eigenvalue weighted by molar-refractivity contribution is -0.149. The van der Waals surface area contributed by atoms with Gasteiger partial charge in [-0.3, -0.25) is 4.79 Å². The Kier molecular flexibility index (Phi) is 4.89. The Balaban J connectivity index is 2.00. The van der Waals surface area contributed by atoms with Gasteiger partial charge in [-0.25, -0.2) is 0 Å². The summed E-state index contributed by atoms with van der Waals surface area (Å²) in [5.74, 6) is 0.497. The number of rotatable bonds is 3. The van der Waals surface area contributed by atoms with E-state index in [0.717, 1.165) is 0 Å². The van der Waals surface area contributed by atoms with Crippen LogP contribution in [-0.4, -0.2) is 42.2 Å². The van der Waals surface area contributed by atoms with Crippen molar-refractivity contribution in [3.05, 3.63) is 29.3 Å². The number of nitrogens with zero attached hydrogens (tertiary/aromatic N) is 1. The molecule has 0 aromatic heterocycles. The molecule has 20 heavy (non-hydrogen) atoms. The van der Waals surface area contributed by atoms with E-state index in [-0.39, 0.29) is 18.1 Å². The molecule has 1 aromatic carbocycles. The first-order chi connectivity index (χ1) is 9.47. The zero-order valence-corrected chi connectivity index (χ0v) is 12.8. The number of halogens is 1. The zero-order valence-electron chi connectivity index (χ0n) is 12.0. The molecule has 0 bridgehead atoms. The first-order valence-electron chi connectivity index (χ1n) is 6.82. The zero-order chi connectivity index (χ0) is 14.7. The molecule has 1 aromatic rings. The second kappa shape index (κ2) is 6.46. The number of amides is 1. The van der Waals surface area contributed by atoms with Crippen molar-refractivity contribution in [2.45, 2.75) is 39.1 Å². The number of carbonyl (C=O) groups is 1. The minimum atomic E-state index is -0.563. The summed E-state index contributed by atoms with van der Waals surface area (Å²) >= 11 is 6.04. The molecule has 0 N–H and O–H groups in total. The van der Waals surface area contributed by atoms with E-state index >= 15 is 0 Å². The van der Waals surface area contributed by atoms with Crippen molar-refractivity contribution in [1.82, 2.24) is 4.90 Å². The largest absolute Gasteiger partial charge is 0.479 e. The Hall–Kier alpha value is -1.26. The van der Waals surface area contributed by atoms with Crippen molar-refractivity contribution in [3.63, 3.8) is 0 Å². The lowest BCUT2D eigenvalue weighted by atomic mass is 10.2. The van der Waals surface area contributed by atoms with Crippen LogP contribution in [0.2, 0.25) is 5.02 Å². The van der Waals surface area contributed by atoms with E-state index in [1.807, 2.05) is 26.0 Å². The van der Waals surface area contributed by atoms with Crippen molar-refractivity contribution >= 4 is 17.5 Å². The highest BCUT2D eigenvalue weighted by Crippen LogP contribution is 2.24. The molecule has 0 spiro atoms. The average molecular weight is 298 g/mol. The highest BCUT2D eigenvalue weighted by molar-refractivity contribution is 6.32. The summed E-state index contributed by atoms with van der Waals surface area (Å²) in [6.07, 6.45) is -0.460.